The zero-order chi connectivity index (χ0) is 12.6. The van der Waals surface area contributed by atoms with E-state index in [1.807, 2.05) is 48.5 Å². The minimum atomic E-state index is -0.0582. The molecule has 1 heterocycles. The number of nitrogens with zero attached hydrogens (tertiary/aromatic N) is 1. The number of nitrogens with one attached hydrogen (secondary N) is 2. The summed E-state index contributed by atoms with van der Waals surface area (Å²) in [6, 6.07) is 15.1. The molecule has 18 heavy (non-hydrogen) atoms. The molecule has 4 nitrogen and oxygen atoms in total. The second kappa shape index (κ2) is 6.51. The number of carbonyl (C=O) groups is 1. The van der Waals surface area contributed by atoms with Crippen LogP contribution in [-0.2, 0) is 11.3 Å². The molecule has 0 spiro atoms. The molecule has 0 fully saturated rings. The summed E-state index contributed by atoms with van der Waals surface area (Å²) in [5.74, 6) is -0.0582. The van der Waals surface area contributed by atoms with Gasteiger partial charge in [-0.15, -0.1) is 0 Å². The lowest BCUT2D eigenvalue weighted by Gasteiger charge is -2.06. The average Bonchev–Trinajstić information content (AvgIpc) is 2.41. The van der Waals surface area contributed by atoms with Crippen molar-refractivity contribution in [3.05, 3.63) is 60.4 Å². The summed E-state index contributed by atoms with van der Waals surface area (Å²) >= 11 is 0. The molecule has 0 radical (unpaired) electrons. The number of pyridine rings is 1. The Balaban J connectivity index is 1.73. The fourth-order valence-electron chi connectivity index (χ4n) is 1.53. The number of benzene rings is 1. The van der Waals surface area contributed by atoms with E-state index in [0.717, 1.165) is 11.4 Å². The van der Waals surface area contributed by atoms with E-state index in [2.05, 4.69) is 15.6 Å². The number of hydrogen-bond donors (Lipinski definition) is 2. The van der Waals surface area contributed by atoms with Crippen LogP contribution >= 0.6 is 0 Å². The minimum absolute atomic E-state index is 0.0582. The summed E-state index contributed by atoms with van der Waals surface area (Å²) in [7, 11) is 0. The van der Waals surface area contributed by atoms with Gasteiger partial charge in [0.1, 0.15) is 0 Å². The minimum Gasteiger partial charge on any atom is -0.325 e. The zero-order valence-corrected chi connectivity index (χ0v) is 9.97. The number of para-hydroxylation sites is 1. The van der Waals surface area contributed by atoms with E-state index in [4.69, 9.17) is 0 Å². The predicted molar refractivity (Wildman–Crippen MR) is 71.0 cm³/mol. The number of carbonyl (C=O) groups excluding carboxylic acids is 1. The van der Waals surface area contributed by atoms with Gasteiger partial charge in [-0.2, -0.15) is 0 Å². The first-order valence-electron chi connectivity index (χ1n) is 5.80. The molecule has 0 bridgehead atoms. The molecule has 1 aromatic carbocycles. The second-order valence-electron chi connectivity index (χ2n) is 3.84. The first-order chi connectivity index (χ1) is 8.84. The lowest BCUT2D eigenvalue weighted by atomic mass is 10.3. The molecule has 2 rings (SSSR count). The zero-order valence-electron chi connectivity index (χ0n) is 9.97. The lowest BCUT2D eigenvalue weighted by Crippen LogP contribution is -2.27. The molecular formula is C14H15N3O. The smallest absolute Gasteiger partial charge is 0.238 e. The highest BCUT2D eigenvalue weighted by molar-refractivity contribution is 5.92. The number of aromatic nitrogens is 1. The van der Waals surface area contributed by atoms with Gasteiger partial charge in [0.15, 0.2) is 0 Å². The Bertz CT molecular complexity index is 485. The molecule has 4 heteroatoms. The number of amides is 1. The van der Waals surface area contributed by atoms with E-state index in [1.54, 1.807) is 6.20 Å². The molecule has 2 aromatic rings. The largest absolute Gasteiger partial charge is 0.325 e. The summed E-state index contributed by atoms with van der Waals surface area (Å²) in [5, 5.41) is 5.85. The van der Waals surface area contributed by atoms with Crippen molar-refractivity contribution in [3.8, 4) is 0 Å². The topological polar surface area (TPSA) is 54.0 Å². The third-order valence-corrected chi connectivity index (χ3v) is 2.38. The van der Waals surface area contributed by atoms with Gasteiger partial charge in [-0.05, 0) is 24.3 Å². The second-order valence-corrected chi connectivity index (χ2v) is 3.84. The van der Waals surface area contributed by atoms with E-state index < -0.39 is 0 Å². The van der Waals surface area contributed by atoms with Gasteiger partial charge in [-0.25, -0.2) is 0 Å². The molecule has 0 unspecified atom stereocenters. The first-order valence-corrected chi connectivity index (χ1v) is 5.80. The molecule has 1 aromatic heterocycles. The SMILES string of the molecule is O=C(CNCc1ccccn1)Nc1ccccc1. The van der Waals surface area contributed by atoms with Crippen molar-refractivity contribution >= 4 is 11.6 Å². The third-order valence-electron chi connectivity index (χ3n) is 2.38. The molecule has 0 aliphatic rings. The Morgan fingerprint density at radius 2 is 1.83 bits per heavy atom. The summed E-state index contributed by atoms with van der Waals surface area (Å²) in [5.41, 5.74) is 1.73. The van der Waals surface area contributed by atoms with Crippen LogP contribution in [0.5, 0.6) is 0 Å². The number of rotatable bonds is 5. The molecule has 2 N–H and O–H groups in total. The Hall–Kier alpha value is -2.20. The average molecular weight is 241 g/mol. The number of hydrogen-bond acceptors (Lipinski definition) is 3. The van der Waals surface area contributed by atoms with Gasteiger partial charge in [-0.3, -0.25) is 9.78 Å². The molecule has 92 valence electrons. The standard InChI is InChI=1S/C14H15N3O/c18-14(17-12-6-2-1-3-7-12)11-15-10-13-8-4-5-9-16-13/h1-9,15H,10-11H2,(H,17,18). The first kappa shape index (κ1) is 12.3. The van der Waals surface area contributed by atoms with Gasteiger partial charge in [0.2, 0.25) is 5.91 Å². The van der Waals surface area contributed by atoms with Crippen molar-refractivity contribution in [2.24, 2.45) is 0 Å². The summed E-state index contributed by atoms with van der Waals surface area (Å²) in [4.78, 5) is 15.8. The molecule has 0 aliphatic heterocycles. The normalized spacial score (nSPS) is 10.0. The Labute approximate surface area is 106 Å². The van der Waals surface area contributed by atoms with Crippen LogP contribution in [0.25, 0.3) is 0 Å². The highest BCUT2D eigenvalue weighted by atomic mass is 16.1. The maximum absolute atomic E-state index is 11.6. The summed E-state index contributed by atoms with van der Waals surface area (Å²) < 4.78 is 0. The van der Waals surface area contributed by atoms with Gasteiger partial charge in [0, 0.05) is 18.4 Å². The van der Waals surface area contributed by atoms with Crippen molar-refractivity contribution in [2.45, 2.75) is 6.54 Å². The van der Waals surface area contributed by atoms with E-state index in [0.29, 0.717) is 6.54 Å². The van der Waals surface area contributed by atoms with Gasteiger partial charge in [-0.1, -0.05) is 24.3 Å². The highest BCUT2D eigenvalue weighted by Gasteiger charge is 2.01. The lowest BCUT2D eigenvalue weighted by molar-refractivity contribution is -0.115. The third kappa shape index (κ3) is 3.99. The van der Waals surface area contributed by atoms with Crippen LogP contribution in [0.15, 0.2) is 54.7 Å². The van der Waals surface area contributed by atoms with E-state index in [1.165, 1.54) is 0 Å². The quantitative estimate of drug-likeness (QED) is 0.839. The van der Waals surface area contributed by atoms with E-state index in [9.17, 15) is 4.79 Å². The Morgan fingerprint density at radius 3 is 2.56 bits per heavy atom. The van der Waals surface area contributed by atoms with Gasteiger partial charge >= 0.3 is 0 Å². The van der Waals surface area contributed by atoms with Gasteiger partial charge in [0.25, 0.3) is 0 Å². The Morgan fingerprint density at radius 1 is 1.06 bits per heavy atom. The van der Waals surface area contributed by atoms with Crippen molar-refractivity contribution in [2.75, 3.05) is 11.9 Å². The van der Waals surface area contributed by atoms with Gasteiger partial charge in [0.05, 0.1) is 12.2 Å². The van der Waals surface area contributed by atoms with Crippen LogP contribution in [0.2, 0.25) is 0 Å². The fraction of sp³-hybridized carbons (Fsp3) is 0.143. The molecule has 0 saturated carbocycles. The maximum atomic E-state index is 11.6. The van der Waals surface area contributed by atoms with Crippen LogP contribution in [0.4, 0.5) is 5.69 Å². The van der Waals surface area contributed by atoms with Crippen molar-refractivity contribution < 1.29 is 4.79 Å². The Kier molecular flexibility index (Phi) is 4.44. The predicted octanol–water partition coefficient (Wildman–Crippen LogP) is 1.81. The highest BCUT2D eigenvalue weighted by Crippen LogP contribution is 2.03. The van der Waals surface area contributed by atoms with Crippen LogP contribution in [0.3, 0.4) is 0 Å². The van der Waals surface area contributed by atoms with Crippen LogP contribution < -0.4 is 10.6 Å². The maximum Gasteiger partial charge on any atom is 0.238 e. The monoisotopic (exact) mass is 241 g/mol. The summed E-state index contributed by atoms with van der Waals surface area (Å²) in [6.07, 6.45) is 1.74. The molecular weight excluding hydrogens is 226 g/mol. The fourth-order valence-corrected chi connectivity index (χ4v) is 1.53. The van der Waals surface area contributed by atoms with Crippen molar-refractivity contribution in [3.63, 3.8) is 0 Å². The van der Waals surface area contributed by atoms with Crippen LogP contribution in [-0.4, -0.2) is 17.4 Å². The number of anilines is 1. The van der Waals surface area contributed by atoms with Gasteiger partial charge < -0.3 is 10.6 Å². The van der Waals surface area contributed by atoms with Crippen LogP contribution in [0.1, 0.15) is 5.69 Å². The molecule has 0 saturated heterocycles. The molecule has 0 aliphatic carbocycles. The molecule has 1 amide bonds. The van der Waals surface area contributed by atoms with Crippen molar-refractivity contribution in [1.29, 1.82) is 0 Å². The van der Waals surface area contributed by atoms with Crippen molar-refractivity contribution in [1.82, 2.24) is 10.3 Å². The van der Waals surface area contributed by atoms with Crippen LogP contribution in [0, 0.1) is 0 Å². The molecule has 0 atom stereocenters. The van der Waals surface area contributed by atoms with E-state index >= 15 is 0 Å². The summed E-state index contributed by atoms with van der Waals surface area (Å²) in [6.45, 7) is 0.856. The van der Waals surface area contributed by atoms with E-state index in [-0.39, 0.29) is 12.5 Å².